The number of aryl methyl sites for hydroxylation is 2. The molecule has 0 aliphatic carbocycles. The number of nitrogens with zero attached hydrogens (tertiary/aromatic N) is 5. The zero-order valence-electron chi connectivity index (χ0n) is 15.4. The fourth-order valence-corrected chi connectivity index (χ4v) is 3.40. The number of pyridine rings is 3. The second kappa shape index (κ2) is 7.04. The van der Waals surface area contributed by atoms with Crippen molar-refractivity contribution in [1.29, 1.82) is 5.26 Å². The van der Waals surface area contributed by atoms with Crippen LogP contribution in [-0.4, -0.2) is 21.5 Å². The van der Waals surface area contributed by atoms with Crippen molar-refractivity contribution in [3.63, 3.8) is 0 Å². The molecule has 0 unspecified atom stereocenters. The van der Waals surface area contributed by atoms with Crippen molar-refractivity contribution < 1.29 is 0 Å². The Morgan fingerprint density at radius 3 is 2.78 bits per heavy atom. The average molecular weight is 356 g/mol. The predicted molar refractivity (Wildman–Crippen MR) is 105 cm³/mol. The Hall–Kier alpha value is -3.46. The van der Waals surface area contributed by atoms with E-state index in [1.165, 1.54) is 5.56 Å². The molecule has 0 atom stereocenters. The summed E-state index contributed by atoms with van der Waals surface area (Å²) < 4.78 is 0. The Balaban J connectivity index is 1.59. The van der Waals surface area contributed by atoms with Crippen molar-refractivity contribution in [2.45, 2.75) is 26.8 Å². The summed E-state index contributed by atoms with van der Waals surface area (Å²) in [6.45, 7) is 5.66. The van der Waals surface area contributed by atoms with Gasteiger partial charge in [0.25, 0.3) is 0 Å². The van der Waals surface area contributed by atoms with Crippen LogP contribution < -0.4 is 10.2 Å². The Labute approximate surface area is 158 Å². The predicted octanol–water partition coefficient (Wildman–Crippen LogP) is 3.67. The van der Waals surface area contributed by atoms with Crippen molar-refractivity contribution in [3.8, 4) is 6.07 Å². The van der Waals surface area contributed by atoms with Crippen LogP contribution in [0.25, 0.3) is 0 Å². The molecular formula is C21H20N6. The highest BCUT2D eigenvalue weighted by atomic mass is 15.2. The number of hydrogen-bond acceptors (Lipinski definition) is 6. The van der Waals surface area contributed by atoms with Crippen LogP contribution in [0.2, 0.25) is 0 Å². The van der Waals surface area contributed by atoms with Crippen molar-refractivity contribution in [1.82, 2.24) is 15.0 Å². The number of rotatable bonds is 3. The van der Waals surface area contributed by atoms with E-state index in [0.717, 1.165) is 53.5 Å². The van der Waals surface area contributed by atoms with Crippen molar-refractivity contribution in [3.05, 3.63) is 70.9 Å². The molecule has 1 aliphatic rings. The number of anilines is 3. The summed E-state index contributed by atoms with van der Waals surface area (Å²) in [5.41, 5.74) is 7.03. The maximum absolute atomic E-state index is 9.04. The molecule has 134 valence electrons. The number of aromatic nitrogens is 3. The third kappa shape index (κ3) is 3.44. The van der Waals surface area contributed by atoms with E-state index >= 15 is 0 Å². The van der Waals surface area contributed by atoms with E-state index in [0.29, 0.717) is 5.56 Å². The van der Waals surface area contributed by atoms with Gasteiger partial charge < -0.3 is 10.2 Å². The first-order valence-electron chi connectivity index (χ1n) is 8.91. The summed E-state index contributed by atoms with van der Waals surface area (Å²) in [6.07, 6.45) is 8.03. The molecule has 0 saturated heterocycles. The van der Waals surface area contributed by atoms with E-state index in [1.807, 2.05) is 38.4 Å². The van der Waals surface area contributed by atoms with E-state index in [-0.39, 0.29) is 0 Å². The Morgan fingerprint density at radius 1 is 1.11 bits per heavy atom. The van der Waals surface area contributed by atoms with E-state index in [1.54, 1.807) is 12.4 Å². The fourth-order valence-electron chi connectivity index (χ4n) is 3.40. The van der Waals surface area contributed by atoms with Gasteiger partial charge in [-0.15, -0.1) is 0 Å². The molecule has 4 rings (SSSR count). The highest BCUT2D eigenvalue weighted by Crippen LogP contribution is 2.27. The van der Waals surface area contributed by atoms with Crippen LogP contribution >= 0.6 is 0 Å². The standard InChI is InChI=1S/C21H20N6/c1-14-7-16(9-22)11-25-21(14)27-6-4-20-17(13-27)8-18(12-24-20)26-19-3-5-23-10-15(19)2/h3,5,7-8,10-12H,4,6,13H2,1-2H3,(H,23,26). The second-order valence-corrected chi connectivity index (χ2v) is 6.79. The highest BCUT2D eigenvalue weighted by molar-refractivity contribution is 5.63. The molecule has 0 aromatic carbocycles. The van der Waals surface area contributed by atoms with Gasteiger partial charge in [-0.05, 0) is 48.7 Å². The molecule has 4 heterocycles. The maximum Gasteiger partial charge on any atom is 0.131 e. The lowest BCUT2D eigenvalue weighted by atomic mass is 10.0. The van der Waals surface area contributed by atoms with Gasteiger partial charge in [0, 0.05) is 49.5 Å². The summed E-state index contributed by atoms with van der Waals surface area (Å²) >= 11 is 0. The van der Waals surface area contributed by atoms with E-state index in [4.69, 9.17) is 5.26 Å². The Bertz CT molecular complexity index is 1040. The molecule has 0 bridgehead atoms. The van der Waals surface area contributed by atoms with Gasteiger partial charge in [0.1, 0.15) is 11.9 Å². The molecule has 0 spiro atoms. The zero-order valence-corrected chi connectivity index (χ0v) is 15.4. The minimum Gasteiger partial charge on any atom is -0.354 e. The van der Waals surface area contributed by atoms with E-state index in [9.17, 15) is 0 Å². The van der Waals surface area contributed by atoms with Crippen LogP contribution in [0.1, 0.15) is 27.9 Å². The van der Waals surface area contributed by atoms with Crippen LogP contribution in [0.15, 0.2) is 43.0 Å². The lowest BCUT2D eigenvalue weighted by molar-refractivity contribution is 0.701. The van der Waals surface area contributed by atoms with Gasteiger partial charge in [0.2, 0.25) is 0 Å². The van der Waals surface area contributed by atoms with Gasteiger partial charge in [-0.25, -0.2) is 4.98 Å². The molecule has 0 saturated carbocycles. The number of fused-ring (bicyclic) bond motifs is 1. The molecular weight excluding hydrogens is 336 g/mol. The molecule has 1 aliphatic heterocycles. The topological polar surface area (TPSA) is 77.7 Å². The van der Waals surface area contributed by atoms with Crippen molar-refractivity contribution >= 4 is 17.2 Å². The molecule has 1 N–H and O–H groups in total. The van der Waals surface area contributed by atoms with Crippen LogP contribution in [-0.2, 0) is 13.0 Å². The monoisotopic (exact) mass is 356 g/mol. The molecule has 0 amide bonds. The summed E-state index contributed by atoms with van der Waals surface area (Å²) in [7, 11) is 0. The summed E-state index contributed by atoms with van der Waals surface area (Å²) in [6, 6.07) is 8.16. The maximum atomic E-state index is 9.04. The minimum atomic E-state index is 0.592. The second-order valence-electron chi connectivity index (χ2n) is 6.79. The number of nitrogens with one attached hydrogen (secondary N) is 1. The third-order valence-corrected chi connectivity index (χ3v) is 4.82. The molecule has 0 radical (unpaired) electrons. The number of hydrogen-bond donors (Lipinski definition) is 1. The summed E-state index contributed by atoms with van der Waals surface area (Å²) in [5, 5.41) is 12.5. The van der Waals surface area contributed by atoms with Gasteiger partial charge >= 0.3 is 0 Å². The highest BCUT2D eigenvalue weighted by Gasteiger charge is 2.20. The van der Waals surface area contributed by atoms with Gasteiger partial charge in [0.05, 0.1) is 17.4 Å². The number of nitriles is 1. The minimum absolute atomic E-state index is 0.592. The molecule has 3 aromatic rings. The average Bonchev–Trinajstić information content (AvgIpc) is 2.69. The van der Waals surface area contributed by atoms with Gasteiger partial charge in [0.15, 0.2) is 0 Å². The summed E-state index contributed by atoms with van der Waals surface area (Å²) in [4.78, 5) is 15.5. The summed E-state index contributed by atoms with van der Waals surface area (Å²) in [5.74, 6) is 0.933. The van der Waals surface area contributed by atoms with Gasteiger partial charge in [-0.3, -0.25) is 9.97 Å². The quantitative estimate of drug-likeness (QED) is 0.771. The van der Waals surface area contributed by atoms with Gasteiger partial charge in [-0.2, -0.15) is 5.26 Å². The Kier molecular flexibility index (Phi) is 4.43. The normalized spacial score (nSPS) is 13.0. The Morgan fingerprint density at radius 2 is 2.00 bits per heavy atom. The first-order valence-corrected chi connectivity index (χ1v) is 8.91. The molecule has 6 nitrogen and oxygen atoms in total. The van der Waals surface area contributed by atoms with Crippen LogP contribution in [0.3, 0.4) is 0 Å². The van der Waals surface area contributed by atoms with E-state index < -0.39 is 0 Å². The smallest absolute Gasteiger partial charge is 0.131 e. The van der Waals surface area contributed by atoms with Crippen molar-refractivity contribution in [2.75, 3.05) is 16.8 Å². The first kappa shape index (κ1) is 17.0. The lowest BCUT2D eigenvalue weighted by Gasteiger charge is -2.30. The lowest BCUT2D eigenvalue weighted by Crippen LogP contribution is -2.32. The van der Waals surface area contributed by atoms with Gasteiger partial charge in [-0.1, -0.05) is 0 Å². The molecule has 27 heavy (non-hydrogen) atoms. The zero-order chi connectivity index (χ0) is 18.8. The van der Waals surface area contributed by atoms with Crippen LogP contribution in [0, 0.1) is 25.2 Å². The SMILES string of the molecule is Cc1cnccc1Nc1cnc2c(c1)CN(c1ncc(C#N)cc1C)CC2. The van der Waals surface area contributed by atoms with E-state index in [2.05, 4.69) is 37.3 Å². The van der Waals surface area contributed by atoms with Crippen LogP contribution in [0.5, 0.6) is 0 Å². The first-order chi connectivity index (χ1) is 13.1. The largest absolute Gasteiger partial charge is 0.354 e. The van der Waals surface area contributed by atoms with Crippen molar-refractivity contribution in [2.24, 2.45) is 0 Å². The molecule has 0 fully saturated rings. The fraction of sp³-hybridized carbons (Fsp3) is 0.238. The molecule has 6 heteroatoms. The van der Waals surface area contributed by atoms with Crippen LogP contribution in [0.4, 0.5) is 17.2 Å². The molecule has 3 aromatic heterocycles. The third-order valence-electron chi connectivity index (χ3n) is 4.82.